The Labute approximate surface area is 232 Å². The second-order valence-corrected chi connectivity index (χ2v) is 11.6. The van der Waals surface area contributed by atoms with Crippen LogP contribution < -0.4 is 9.47 Å². The number of halogens is 3. The molecule has 0 aromatic heterocycles. The molecule has 1 fully saturated rings. The highest BCUT2D eigenvalue weighted by Gasteiger charge is 2.63. The summed E-state index contributed by atoms with van der Waals surface area (Å²) in [4.78, 5) is 11.6. The summed E-state index contributed by atoms with van der Waals surface area (Å²) in [5.74, 6) is -2.97. The Morgan fingerprint density at radius 2 is 1.75 bits per heavy atom. The summed E-state index contributed by atoms with van der Waals surface area (Å²) in [6.07, 6.45) is 1.71. The molecule has 214 valence electrons. The van der Waals surface area contributed by atoms with Gasteiger partial charge in [-0.1, -0.05) is 39.0 Å². The zero-order valence-corrected chi connectivity index (χ0v) is 23.4. The Bertz CT molecular complexity index is 1430. The third-order valence-corrected chi connectivity index (χ3v) is 7.72. The lowest BCUT2D eigenvalue weighted by Gasteiger charge is -2.22. The SMILES string of the molecule is CO.COc1ccc(F)c(-c2ccc(COc3cc(F)c4c(c3F)C3(CC4)CC3C(=O)O)cc2CC(C)(C)C)c1. The summed E-state index contributed by atoms with van der Waals surface area (Å²) in [5.41, 5.74) is 2.25. The van der Waals surface area contributed by atoms with Crippen molar-refractivity contribution in [1.82, 2.24) is 0 Å². The first-order valence-corrected chi connectivity index (χ1v) is 13.2. The summed E-state index contributed by atoms with van der Waals surface area (Å²) in [5, 5.41) is 16.5. The van der Waals surface area contributed by atoms with E-state index in [0.29, 0.717) is 37.0 Å². The van der Waals surface area contributed by atoms with E-state index in [0.717, 1.165) is 29.9 Å². The van der Waals surface area contributed by atoms with E-state index in [4.69, 9.17) is 14.6 Å². The standard InChI is InChI=1S/C31H31F3O4.CH4O/c1-30(2,3)14-18-11-17(5-7-20(18)22-12-19(37-4)6-8-24(22)32)16-38-26-13-25(33)21-9-10-31(27(21)28(26)34)15-23(31)29(35)36;1-2/h5-8,11-13,23H,9-10,14-16H2,1-4H3,(H,35,36);2H,1H3. The molecule has 5 nitrogen and oxygen atoms in total. The highest BCUT2D eigenvalue weighted by atomic mass is 19.1. The van der Waals surface area contributed by atoms with Gasteiger partial charge < -0.3 is 19.7 Å². The number of carboxylic acid groups (broad SMARTS) is 1. The summed E-state index contributed by atoms with van der Waals surface area (Å²) >= 11 is 0. The number of carboxylic acids is 1. The van der Waals surface area contributed by atoms with Gasteiger partial charge in [0.2, 0.25) is 0 Å². The normalized spacial score (nSPS) is 19.1. The average molecular weight is 557 g/mol. The molecule has 3 aromatic carbocycles. The minimum atomic E-state index is -0.983. The van der Waals surface area contributed by atoms with E-state index >= 15 is 4.39 Å². The van der Waals surface area contributed by atoms with Crippen LogP contribution in [-0.4, -0.2) is 30.4 Å². The number of aliphatic carboxylic acids is 1. The molecule has 0 radical (unpaired) electrons. The van der Waals surface area contributed by atoms with E-state index in [-0.39, 0.29) is 34.7 Å². The number of rotatable bonds is 7. The maximum atomic E-state index is 15.6. The van der Waals surface area contributed by atoms with Crippen LogP contribution in [0.5, 0.6) is 11.5 Å². The Balaban J connectivity index is 0.00000181. The maximum absolute atomic E-state index is 15.6. The second kappa shape index (κ2) is 11.2. The predicted octanol–water partition coefficient (Wildman–Crippen LogP) is 6.84. The number of hydrogen-bond acceptors (Lipinski definition) is 4. The molecule has 2 aliphatic carbocycles. The third kappa shape index (κ3) is 5.55. The highest BCUT2D eigenvalue weighted by molar-refractivity contribution is 5.78. The van der Waals surface area contributed by atoms with Crippen LogP contribution in [-0.2, 0) is 29.7 Å². The molecule has 0 amide bonds. The minimum Gasteiger partial charge on any atom is -0.497 e. The van der Waals surface area contributed by atoms with Crippen LogP contribution in [0.4, 0.5) is 13.2 Å². The van der Waals surface area contributed by atoms with Crippen molar-refractivity contribution in [2.75, 3.05) is 14.2 Å². The zero-order valence-electron chi connectivity index (χ0n) is 23.4. The van der Waals surface area contributed by atoms with Crippen molar-refractivity contribution in [2.24, 2.45) is 11.3 Å². The van der Waals surface area contributed by atoms with E-state index in [1.807, 2.05) is 12.1 Å². The number of fused-ring (bicyclic) bond motifs is 2. The van der Waals surface area contributed by atoms with Crippen molar-refractivity contribution < 1.29 is 37.7 Å². The first kappa shape index (κ1) is 29.5. The Hall–Kier alpha value is -3.52. The summed E-state index contributed by atoms with van der Waals surface area (Å²) in [6.45, 7) is 6.23. The van der Waals surface area contributed by atoms with E-state index in [9.17, 15) is 18.7 Å². The van der Waals surface area contributed by atoms with Gasteiger partial charge in [-0.2, -0.15) is 0 Å². The first-order chi connectivity index (χ1) is 18.9. The number of hydrogen-bond donors (Lipinski definition) is 2. The molecule has 1 spiro atoms. The van der Waals surface area contributed by atoms with Gasteiger partial charge in [-0.15, -0.1) is 0 Å². The van der Waals surface area contributed by atoms with Crippen LogP contribution in [0.2, 0.25) is 0 Å². The number of benzene rings is 3. The van der Waals surface area contributed by atoms with Crippen LogP contribution >= 0.6 is 0 Å². The number of carbonyl (C=O) groups is 1. The Morgan fingerprint density at radius 1 is 1.02 bits per heavy atom. The molecule has 3 aromatic rings. The van der Waals surface area contributed by atoms with Crippen LogP contribution in [0, 0.1) is 28.8 Å². The lowest BCUT2D eigenvalue weighted by atomic mass is 9.84. The van der Waals surface area contributed by atoms with Gasteiger partial charge in [0, 0.05) is 29.7 Å². The largest absolute Gasteiger partial charge is 0.497 e. The molecule has 5 rings (SSSR count). The topological polar surface area (TPSA) is 76.0 Å². The molecule has 0 aliphatic heterocycles. The van der Waals surface area contributed by atoms with E-state index in [1.54, 1.807) is 18.2 Å². The lowest BCUT2D eigenvalue weighted by molar-refractivity contribution is -0.139. The quantitative estimate of drug-likeness (QED) is 0.333. The lowest BCUT2D eigenvalue weighted by Crippen LogP contribution is -2.14. The number of methoxy groups -OCH3 is 1. The average Bonchev–Trinajstić information content (AvgIpc) is 3.51. The fourth-order valence-electron chi connectivity index (χ4n) is 5.88. The van der Waals surface area contributed by atoms with Crippen molar-refractivity contribution in [3.05, 3.63) is 82.2 Å². The molecule has 2 atom stereocenters. The first-order valence-electron chi connectivity index (χ1n) is 13.2. The molecule has 0 heterocycles. The monoisotopic (exact) mass is 556 g/mol. The third-order valence-electron chi connectivity index (χ3n) is 7.72. The summed E-state index contributed by atoms with van der Waals surface area (Å²) in [6, 6.07) is 11.2. The Morgan fingerprint density at radius 3 is 2.38 bits per heavy atom. The smallest absolute Gasteiger partial charge is 0.307 e. The molecule has 2 aliphatic rings. The van der Waals surface area contributed by atoms with Crippen LogP contribution in [0.15, 0.2) is 42.5 Å². The van der Waals surface area contributed by atoms with Crippen molar-refractivity contribution in [3.8, 4) is 22.6 Å². The second-order valence-electron chi connectivity index (χ2n) is 11.6. The van der Waals surface area contributed by atoms with Gasteiger partial charge in [-0.3, -0.25) is 4.79 Å². The van der Waals surface area contributed by atoms with Crippen LogP contribution in [0.1, 0.15) is 55.9 Å². The molecule has 2 unspecified atom stereocenters. The molecule has 0 saturated heterocycles. The van der Waals surface area contributed by atoms with Crippen molar-refractivity contribution in [1.29, 1.82) is 0 Å². The van der Waals surface area contributed by atoms with Crippen molar-refractivity contribution in [2.45, 2.75) is 58.5 Å². The van der Waals surface area contributed by atoms with Gasteiger partial charge in [-0.25, -0.2) is 13.2 Å². The van der Waals surface area contributed by atoms with E-state index in [2.05, 4.69) is 20.8 Å². The zero-order chi connectivity index (χ0) is 29.4. The van der Waals surface area contributed by atoms with E-state index in [1.165, 1.54) is 13.2 Å². The van der Waals surface area contributed by atoms with Gasteiger partial charge in [0.05, 0.1) is 13.0 Å². The number of ether oxygens (including phenoxy) is 2. The van der Waals surface area contributed by atoms with Gasteiger partial charge in [0.1, 0.15) is 24.0 Å². The molecule has 2 N–H and O–H groups in total. The number of aliphatic hydroxyl groups is 1. The van der Waals surface area contributed by atoms with Crippen LogP contribution in [0.3, 0.4) is 0 Å². The molecule has 1 saturated carbocycles. The van der Waals surface area contributed by atoms with Gasteiger partial charge in [-0.05, 0) is 71.6 Å². The Kier molecular flexibility index (Phi) is 8.22. The summed E-state index contributed by atoms with van der Waals surface area (Å²) < 4.78 is 56.4. The summed E-state index contributed by atoms with van der Waals surface area (Å²) in [7, 11) is 2.53. The maximum Gasteiger partial charge on any atom is 0.307 e. The van der Waals surface area contributed by atoms with Crippen molar-refractivity contribution in [3.63, 3.8) is 0 Å². The fourth-order valence-corrected chi connectivity index (χ4v) is 5.88. The van der Waals surface area contributed by atoms with Gasteiger partial charge in [0.25, 0.3) is 0 Å². The molecule has 0 bridgehead atoms. The molecule has 8 heteroatoms. The molecular formula is C32H35F3O5. The molecular weight excluding hydrogens is 521 g/mol. The number of aliphatic hydroxyl groups excluding tert-OH is 1. The minimum absolute atomic E-state index is 0.0253. The van der Waals surface area contributed by atoms with Gasteiger partial charge >= 0.3 is 5.97 Å². The van der Waals surface area contributed by atoms with Crippen LogP contribution in [0.25, 0.3) is 11.1 Å². The predicted molar refractivity (Wildman–Crippen MR) is 146 cm³/mol. The van der Waals surface area contributed by atoms with Crippen molar-refractivity contribution >= 4 is 5.97 Å². The molecule has 40 heavy (non-hydrogen) atoms. The fraction of sp³-hybridized carbons (Fsp3) is 0.406. The highest BCUT2D eigenvalue weighted by Crippen LogP contribution is 2.63. The van der Waals surface area contributed by atoms with E-state index < -0.39 is 28.9 Å². The van der Waals surface area contributed by atoms with Gasteiger partial charge in [0.15, 0.2) is 11.6 Å².